The van der Waals surface area contributed by atoms with Gasteiger partial charge in [0.15, 0.2) is 9.84 Å². The number of sulfone groups is 1. The second-order valence-electron chi connectivity index (χ2n) is 8.58. The summed E-state index contributed by atoms with van der Waals surface area (Å²) in [4.78, 5) is 2.37. The van der Waals surface area contributed by atoms with Gasteiger partial charge in [-0.1, -0.05) is 37.6 Å². The van der Waals surface area contributed by atoms with Crippen molar-refractivity contribution < 1.29 is 8.42 Å². The Morgan fingerprint density at radius 3 is 2.28 bits per heavy atom. The van der Waals surface area contributed by atoms with Gasteiger partial charge in [-0.2, -0.15) is 5.10 Å². The summed E-state index contributed by atoms with van der Waals surface area (Å²) in [6, 6.07) is 14.7. The van der Waals surface area contributed by atoms with Crippen molar-refractivity contribution in [2.45, 2.75) is 25.2 Å². The van der Waals surface area contributed by atoms with E-state index in [-0.39, 0.29) is 11.2 Å². The van der Waals surface area contributed by atoms with Gasteiger partial charge < -0.3 is 4.90 Å². The molecular formula is C22H28ClN3O2S. The second-order valence-corrected chi connectivity index (χ2v) is 11.0. The van der Waals surface area contributed by atoms with Crippen molar-refractivity contribution in [2.75, 3.05) is 37.9 Å². The average molecular weight is 434 g/mol. The van der Waals surface area contributed by atoms with E-state index in [0.717, 1.165) is 29.9 Å². The van der Waals surface area contributed by atoms with Crippen LogP contribution in [0.15, 0.2) is 58.5 Å². The van der Waals surface area contributed by atoms with Crippen LogP contribution in [0.4, 0.5) is 5.69 Å². The van der Waals surface area contributed by atoms with Crippen LogP contribution in [-0.2, 0) is 9.84 Å². The molecule has 7 heteroatoms. The first-order chi connectivity index (χ1) is 13.6. The molecule has 0 saturated heterocycles. The zero-order chi connectivity index (χ0) is 21.2. The molecule has 0 atom stereocenters. The molecule has 2 aromatic carbocycles. The third kappa shape index (κ3) is 5.59. The fraction of sp³-hybridized carbons (Fsp3) is 0.409. The monoisotopic (exact) mass is 433 g/mol. The molecule has 0 amide bonds. The first kappa shape index (κ1) is 21.8. The van der Waals surface area contributed by atoms with Crippen molar-refractivity contribution in [3.05, 3.63) is 59.1 Å². The van der Waals surface area contributed by atoms with E-state index in [2.05, 4.69) is 0 Å². The molecule has 0 unspecified atom stereocenters. The Morgan fingerprint density at radius 1 is 1.07 bits per heavy atom. The van der Waals surface area contributed by atoms with E-state index in [0.29, 0.717) is 16.5 Å². The van der Waals surface area contributed by atoms with Crippen LogP contribution in [0.2, 0.25) is 5.02 Å². The number of rotatable bonds is 7. The standard InChI is InChI=1S/C22H28ClN3O2S/c1-22(2,15-25(3)4)16-29(27,28)20-11-9-19(10-12-20)26-14-13-21(24-26)17-5-7-18(23)8-6-17/h5-12H,13-16H2,1-4H3. The molecule has 1 aliphatic rings. The summed E-state index contributed by atoms with van der Waals surface area (Å²) in [6.45, 7) is 5.44. The maximum absolute atomic E-state index is 12.9. The first-order valence-corrected chi connectivity index (χ1v) is 11.7. The van der Waals surface area contributed by atoms with Crippen LogP contribution in [0.1, 0.15) is 25.8 Å². The highest BCUT2D eigenvalue weighted by molar-refractivity contribution is 7.91. The number of benzene rings is 2. The molecule has 2 aromatic rings. The topological polar surface area (TPSA) is 53.0 Å². The summed E-state index contributed by atoms with van der Waals surface area (Å²) in [5.41, 5.74) is 2.62. The van der Waals surface area contributed by atoms with Gasteiger partial charge in [0.05, 0.1) is 22.0 Å². The van der Waals surface area contributed by atoms with E-state index in [9.17, 15) is 8.42 Å². The Kier molecular flexibility index (Phi) is 6.36. The third-order valence-electron chi connectivity index (χ3n) is 4.80. The van der Waals surface area contributed by atoms with Crippen molar-refractivity contribution in [3.8, 4) is 0 Å². The number of nitrogens with zero attached hydrogens (tertiary/aromatic N) is 3. The average Bonchev–Trinajstić information content (AvgIpc) is 3.10. The highest BCUT2D eigenvalue weighted by Crippen LogP contribution is 2.27. The van der Waals surface area contributed by atoms with Gasteiger partial charge >= 0.3 is 0 Å². The molecule has 0 fully saturated rings. The van der Waals surface area contributed by atoms with Crippen molar-refractivity contribution in [2.24, 2.45) is 10.5 Å². The van der Waals surface area contributed by atoms with Crippen molar-refractivity contribution in [3.63, 3.8) is 0 Å². The Bertz CT molecular complexity index is 982. The third-order valence-corrected chi connectivity index (χ3v) is 7.20. The highest BCUT2D eigenvalue weighted by atomic mass is 35.5. The summed E-state index contributed by atoms with van der Waals surface area (Å²) in [6.07, 6.45) is 0.834. The lowest BCUT2D eigenvalue weighted by Gasteiger charge is -2.28. The minimum absolute atomic E-state index is 0.111. The summed E-state index contributed by atoms with van der Waals surface area (Å²) in [5, 5.41) is 7.31. The first-order valence-electron chi connectivity index (χ1n) is 9.64. The normalized spacial score (nSPS) is 15.1. The Hall–Kier alpha value is -1.89. The minimum atomic E-state index is -3.36. The lowest BCUT2D eigenvalue weighted by molar-refractivity contribution is 0.265. The summed E-state index contributed by atoms with van der Waals surface area (Å²) < 4.78 is 25.7. The van der Waals surface area contributed by atoms with Gasteiger partial charge in [-0.25, -0.2) is 8.42 Å². The maximum atomic E-state index is 12.9. The van der Waals surface area contributed by atoms with Gasteiger partial charge in [0.2, 0.25) is 0 Å². The van der Waals surface area contributed by atoms with Gasteiger partial charge in [0.25, 0.3) is 0 Å². The number of anilines is 1. The summed E-state index contributed by atoms with van der Waals surface area (Å²) in [7, 11) is 0.558. The lowest BCUT2D eigenvalue weighted by atomic mass is 9.96. The zero-order valence-corrected chi connectivity index (χ0v) is 19.0. The smallest absolute Gasteiger partial charge is 0.178 e. The van der Waals surface area contributed by atoms with Crippen LogP contribution in [0.3, 0.4) is 0 Å². The predicted octanol–water partition coefficient (Wildman–Crippen LogP) is 4.32. The number of hydrogen-bond donors (Lipinski definition) is 0. The minimum Gasteiger partial charge on any atom is -0.309 e. The summed E-state index contributed by atoms with van der Waals surface area (Å²) >= 11 is 5.96. The molecule has 0 aliphatic carbocycles. The molecule has 29 heavy (non-hydrogen) atoms. The fourth-order valence-electron chi connectivity index (χ4n) is 3.81. The van der Waals surface area contributed by atoms with E-state index in [4.69, 9.17) is 16.7 Å². The predicted molar refractivity (Wildman–Crippen MR) is 121 cm³/mol. The van der Waals surface area contributed by atoms with E-state index in [1.165, 1.54) is 0 Å². The van der Waals surface area contributed by atoms with E-state index in [1.54, 1.807) is 12.1 Å². The number of halogens is 1. The fourth-order valence-corrected chi connectivity index (χ4v) is 5.78. The van der Waals surface area contributed by atoms with Crippen molar-refractivity contribution >= 4 is 32.8 Å². The maximum Gasteiger partial charge on any atom is 0.178 e. The van der Waals surface area contributed by atoms with E-state index >= 15 is 0 Å². The van der Waals surface area contributed by atoms with Gasteiger partial charge in [-0.15, -0.1) is 0 Å². The molecule has 0 bridgehead atoms. The van der Waals surface area contributed by atoms with E-state index < -0.39 is 9.84 Å². The summed E-state index contributed by atoms with van der Waals surface area (Å²) in [5.74, 6) is 0.111. The molecule has 1 aliphatic heterocycles. The quantitative estimate of drug-likeness (QED) is 0.652. The molecule has 1 heterocycles. The number of hydrogen-bond acceptors (Lipinski definition) is 5. The molecule has 0 aromatic heterocycles. The van der Waals surface area contributed by atoms with E-state index in [1.807, 2.05) is 74.2 Å². The molecule has 156 valence electrons. The van der Waals surface area contributed by atoms with Gasteiger partial charge in [0, 0.05) is 24.5 Å². The molecule has 0 saturated carbocycles. The Labute approximate surface area is 178 Å². The largest absolute Gasteiger partial charge is 0.309 e. The van der Waals surface area contributed by atoms with Crippen LogP contribution in [0, 0.1) is 5.41 Å². The molecular weight excluding hydrogens is 406 g/mol. The molecule has 0 N–H and O–H groups in total. The molecule has 0 spiro atoms. The SMILES string of the molecule is CN(C)CC(C)(C)CS(=O)(=O)c1ccc(N2CCC(c3ccc(Cl)cc3)=N2)cc1. The van der Waals surface area contributed by atoms with Gasteiger partial charge in [0.1, 0.15) is 0 Å². The highest BCUT2D eigenvalue weighted by Gasteiger charge is 2.28. The van der Waals surface area contributed by atoms with Crippen LogP contribution >= 0.6 is 11.6 Å². The number of hydrazone groups is 1. The van der Waals surface area contributed by atoms with Crippen molar-refractivity contribution in [1.29, 1.82) is 0 Å². The van der Waals surface area contributed by atoms with Crippen molar-refractivity contribution in [1.82, 2.24) is 4.90 Å². The van der Waals surface area contributed by atoms with Gasteiger partial charge in [-0.3, -0.25) is 5.01 Å². The molecule has 5 nitrogen and oxygen atoms in total. The van der Waals surface area contributed by atoms with Crippen LogP contribution in [0.25, 0.3) is 0 Å². The lowest BCUT2D eigenvalue weighted by Crippen LogP contribution is -2.34. The Morgan fingerprint density at radius 2 is 1.69 bits per heavy atom. The molecule has 3 rings (SSSR count). The molecule has 0 radical (unpaired) electrons. The van der Waals surface area contributed by atoms with Crippen LogP contribution in [-0.4, -0.2) is 52.0 Å². The Balaban J connectivity index is 1.74. The van der Waals surface area contributed by atoms with Gasteiger partial charge in [-0.05, 0) is 61.5 Å². The van der Waals surface area contributed by atoms with Crippen LogP contribution in [0.5, 0.6) is 0 Å². The van der Waals surface area contributed by atoms with Crippen LogP contribution < -0.4 is 5.01 Å². The zero-order valence-electron chi connectivity index (χ0n) is 17.4. The second kappa shape index (κ2) is 8.46.